The fourth-order valence-corrected chi connectivity index (χ4v) is 2.93. The second kappa shape index (κ2) is 5.40. The Balaban J connectivity index is 2.23. The molecule has 5 nitrogen and oxygen atoms in total. The highest BCUT2D eigenvalue weighted by Crippen LogP contribution is 2.28. The van der Waals surface area contributed by atoms with Crippen LogP contribution in [0.3, 0.4) is 0 Å². The molecule has 1 aliphatic heterocycles. The maximum absolute atomic E-state index is 10.8. The summed E-state index contributed by atoms with van der Waals surface area (Å²) < 4.78 is 6.35. The molecule has 1 fully saturated rings. The van der Waals surface area contributed by atoms with E-state index in [1.54, 1.807) is 6.07 Å². The second-order valence-corrected chi connectivity index (χ2v) is 5.72. The van der Waals surface area contributed by atoms with E-state index in [1.807, 2.05) is 48.6 Å². The number of halogens is 1. The first-order valence-corrected chi connectivity index (χ1v) is 6.89. The van der Waals surface area contributed by atoms with Crippen molar-refractivity contribution in [3.05, 3.63) is 31.9 Å². The van der Waals surface area contributed by atoms with Crippen LogP contribution in [0.1, 0.15) is 13.8 Å². The van der Waals surface area contributed by atoms with Crippen molar-refractivity contribution < 1.29 is 9.66 Å². The standard InChI is InChI=1S/C12H15IN2O3/c1-8-6-14(7-9(2)18-8)10-3-4-12(15(16)17)11(13)5-10/h3-5,8-9H,6-7H2,1-2H3/t8-,9+. The van der Waals surface area contributed by atoms with E-state index in [9.17, 15) is 10.1 Å². The summed E-state index contributed by atoms with van der Waals surface area (Å²) in [4.78, 5) is 12.6. The number of anilines is 1. The molecule has 98 valence electrons. The topological polar surface area (TPSA) is 55.6 Å². The molecule has 0 radical (unpaired) electrons. The Morgan fingerprint density at radius 1 is 1.39 bits per heavy atom. The number of benzene rings is 1. The highest BCUT2D eigenvalue weighted by atomic mass is 127. The van der Waals surface area contributed by atoms with Crippen molar-refractivity contribution >= 4 is 34.0 Å². The van der Waals surface area contributed by atoms with Gasteiger partial charge in [-0.3, -0.25) is 10.1 Å². The van der Waals surface area contributed by atoms with Gasteiger partial charge in [-0.25, -0.2) is 0 Å². The third-order valence-electron chi connectivity index (χ3n) is 2.91. The Labute approximate surface area is 119 Å². The molecule has 0 aromatic heterocycles. The highest BCUT2D eigenvalue weighted by molar-refractivity contribution is 14.1. The van der Waals surface area contributed by atoms with Gasteiger partial charge in [0, 0.05) is 24.8 Å². The second-order valence-electron chi connectivity index (χ2n) is 4.56. The minimum absolute atomic E-state index is 0.161. The molecule has 1 aromatic rings. The molecule has 1 saturated heterocycles. The summed E-state index contributed by atoms with van der Waals surface area (Å²) in [5, 5.41) is 10.8. The molecular weight excluding hydrogens is 347 g/mol. The van der Waals surface area contributed by atoms with E-state index in [4.69, 9.17) is 4.74 Å². The molecule has 0 aliphatic carbocycles. The van der Waals surface area contributed by atoms with E-state index in [0.717, 1.165) is 18.8 Å². The summed E-state index contributed by atoms with van der Waals surface area (Å²) in [7, 11) is 0. The largest absolute Gasteiger partial charge is 0.372 e. The SMILES string of the molecule is C[C@@H]1CN(c2ccc([N+](=O)[O-])c(I)c2)C[C@H](C)O1. The van der Waals surface area contributed by atoms with E-state index < -0.39 is 0 Å². The molecule has 2 rings (SSSR count). The zero-order chi connectivity index (χ0) is 13.3. The highest BCUT2D eigenvalue weighted by Gasteiger charge is 2.23. The number of rotatable bonds is 2. The molecule has 1 aromatic carbocycles. The van der Waals surface area contributed by atoms with Crippen LogP contribution in [0.4, 0.5) is 11.4 Å². The van der Waals surface area contributed by atoms with Gasteiger partial charge < -0.3 is 9.64 Å². The molecule has 1 aliphatic rings. The van der Waals surface area contributed by atoms with Crippen molar-refractivity contribution in [2.75, 3.05) is 18.0 Å². The predicted octanol–water partition coefficient (Wildman–Crippen LogP) is 2.81. The van der Waals surface area contributed by atoms with Gasteiger partial charge in [0.15, 0.2) is 0 Å². The van der Waals surface area contributed by atoms with Crippen LogP contribution in [0.2, 0.25) is 0 Å². The molecule has 0 N–H and O–H groups in total. The monoisotopic (exact) mass is 362 g/mol. The van der Waals surface area contributed by atoms with Crippen LogP contribution < -0.4 is 4.90 Å². The van der Waals surface area contributed by atoms with Crippen LogP contribution >= 0.6 is 22.6 Å². The van der Waals surface area contributed by atoms with Gasteiger partial charge in [-0.05, 0) is 48.6 Å². The van der Waals surface area contributed by atoms with E-state index in [1.165, 1.54) is 0 Å². The van der Waals surface area contributed by atoms with Gasteiger partial charge in [0.25, 0.3) is 5.69 Å². The van der Waals surface area contributed by atoms with Gasteiger partial charge in [0.05, 0.1) is 20.7 Å². The van der Waals surface area contributed by atoms with E-state index in [0.29, 0.717) is 3.57 Å². The molecule has 0 amide bonds. The van der Waals surface area contributed by atoms with Crippen LogP contribution in [0, 0.1) is 13.7 Å². The first-order chi connectivity index (χ1) is 8.47. The van der Waals surface area contributed by atoms with Crippen molar-refractivity contribution in [2.24, 2.45) is 0 Å². The Hall–Kier alpha value is -0.890. The molecule has 0 unspecified atom stereocenters. The lowest BCUT2D eigenvalue weighted by molar-refractivity contribution is -0.385. The molecule has 0 spiro atoms. The predicted molar refractivity (Wildman–Crippen MR) is 78.0 cm³/mol. The lowest BCUT2D eigenvalue weighted by Gasteiger charge is -2.36. The van der Waals surface area contributed by atoms with E-state index >= 15 is 0 Å². The summed E-state index contributed by atoms with van der Waals surface area (Å²) in [5.74, 6) is 0. The number of ether oxygens (including phenoxy) is 1. The summed E-state index contributed by atoms with van der Waals surface area (Å²) in [6, 6.07) is 5.25. The summed E-state index contributed by atoms with van der Waals surface area (Å²) >= 11 is 2.01. The smallest absolute Gasteiger partial charge is 0.282 e. The first-order valence-electron chi connectivity index (χ1n) is 5.81. The van der Waals surface area contributed by atoms with Crippen molar-refractivity contribution in [1.29, 1.82) is 0 Å². The van der Waals surface area contributed by atoms with Crippen LogP contribution in [-0.2, 0) is 4.74 Å². The maximum Gasteiger partial charge on any atom is 0.282 e. The first kappa shape index (κ1) is 13.5. The average Bonchev–Trinajstić information content (AvgIpc) is 2.26. The normalized spacial score (nSPS) is 24.1. The van der Waals surface area contributed by atoms with Crippen molar-refractivity contribution in [3.8, 4) is 0 Å². The van der Waals surface area contributed by atoms with Crippen LogP contribution in [-0.4, -0.2) is 30.2 Å². The molecule has 1 heterocycles. The van der Waals surface area contributed by atoms with Crippen LogP contribution in [0.15, 0.2) is 18.2 Å². The Kier molecular flexibility index (Phi) is 4.06. The lowest BCUT2D eigenvalue weighted by Crippen LogP contribution is -2.45. The zero-order valence-corrected chi connectivity index (χ0v) is 12.5. The average molecular weight is 362 g/mol. The fourth-order valence-electron chi connectivity index (χ4n) is 2.23. The van der Waals surface area contributed by atoms with Crippen molar-refractivity contribution in [1.82, 2.24) is 0 Å². The van der Waals surface area contributed by atoms with E-state index in [2.05, 4.69) is 4.90 Å². The van der Waals surface area contributed by atoms with Crippen molar-refractivity contribution in [3.63, 3.8) is 0 Å². The van der Waals surface area contributed by atoms with Gasteiger partial charge >= 0.3 is 0 Å². The number of nitrogens with zero attached hydrogens (tertiary/aromatic N) is 2. The molecule has 18 heavy (non-hydrogen) atoms. The number of hydrogen-bond donors (Lipinski definition) is 0. The summed E-state index contributed by atoms with van der Waals surface area (Å²) in [6.45, 7) is 5.72. The van der Waals surface area contributed by atoms with Gasteiger partial charge in [-0.1, -0.05) is 0 Å². The molecular formula is C12H15IN2O3. The minimum atomic E-state index is -0.351. The maximum atomic E-state index is 10.8. The van der Waals surface area contributed by atoms with Gasteiger partial charge in [0.2, 0.25) is 0 Å². The quantitative estimate of drug-likeness (QED) is 0.461. The lowest BCUT2D eigenvalue weighted by atomic mass is 10.2. The Morgan fingerprint density at radius 3 is 2.50 bits per heavy atom. The fraction of sp³-hybridized carbons (Fsp3) is 0.500. The zero-order valence-electron chi connectivity index (χ0n) is 10.3. The number of nitro groups is 1. The van der Waals surface area contributed by atoms with Crippen LogP contribution in [0.25, 0.3) is 0 Å². The third-order valence-corrected chi connectivity index (χ3v) is 3.78. The summed E-state index contributed by atoms with van der Waals surface area (Å²) in [5.41, 5.74) is 1.18. The Bertz CT molecular complexity index is 457. The number of hydrogen-bond acceptors (Lipinski definition) is 4. The van der Waals surface area contributed by atoms with Crippen molar-refractivity contribution in [2.45, 2.75) is 26.1 Å². The van der Waals surface area contributed by atoms with Crippen LogP contribution in [0.5, 0.6) is 0 Å². The summed E-state index contributed by atoms with van der Waals surface area (Å²) in [6.07, 6.45) is 0.364. The van der Waals surface area contributed by atoms with Gasteiger partial charge in [-0.15, -0.1) is 0 Å². The van der Waals surface area contributed by atoms with E-state index in [-0.39, 0.29) is 22.8 Å². The van der Waals surface area contributed by atoms with Gasteiger partial charge in [-0.2, -0.15) is 0 Å². The number of morpholine rings is 1. The third kappa shape index (κ3) is 2.92. The number of nitro benzene ring substituents is 1. The molecule has 2 atom stereocenters. The minimum Gasteiger partial charge on any atom is -0.372 e. The molecule has 0 saturated carbocycles. The molecule has 6 heteroatoms. The Morgan fingerprint density at radius 2 is 2.00 bits per heavy atom. The molecule has 0 bridgehead atoms. The van der Waals surface area contributed by atoms with Gasteiger partial charge in [0.1, 0.15) is 0 Å².